The summed E-state index contributed by atoms with van der Waals surface area (Å²) in [6, 6.07) is 9.17. The van der Waals surface area contributed by atoms with Crippen LogP contribution in [0.15, 0.2) is 53.5 Å². The fourth-order valence-electron chi connectivity index (χ4n) is 3.53. The topological polar surface area (TPSA) is 103 Å². The summed E-state index contributed by atoms with van der Waals surface area (Å²) in [5, 5.41) is 8.89. The van der Waals surface area contributed by atoms with Crippen LogP contribution in [0.2, 0.25) is 0 Å². The van der Waals surface area contributed by atoms with Crippen LogP contribution in [0.1, 0.15) is 32.9 Å². The molecule has 0 radical (unpaired) electrons. The van der Waals surface area contributed by atoms with Gasteiger partial charge in [-0.05, 0) is 43.7 Å². The lowest BCUT2D eigenvalue weighted by atomic mass is 9.88. The molecule has 1 amide bonds. The molecule has 0 aliphatic carbocycles. The second-order valence-electron chi connectivity index (χ2n) is 7.01. The molecule has 2 unspecified atom stereocenters. The van der Waals surface area contributed by atoms with Crippen molar-refractivity contribution < 1.29 is 23.5 Å². The second kappa shape index (κ2) is 8.27. The number of carbonyl (C=O) groups is 3. The number of Topliss-reactive ketones (excluding diaryl/α,β-unsaturated/α-hetero) is 2. The Morgan fingerprint density at radius 3 is 2.71 bits per heavy atom. The van der Waals surface area contributed by atoms with Gasteiger partial charge in [0.05, 0.1) is 6.04 Å². The van der Waals surface area contributed by atoms with E-state index in [4.69, 9.17) is 9.15 Å². The summed E-state index contributed by atoms with van der Waals surface area (Å²) in [7, 11) is 0. The predicted molar refractivity (Wildman–Crippen MR) is 113 cm³/mol. The van der Waals surface area contributed by atoms with Gasteiger partial charge in [-0.3, -0.25) is 19.3 Å². The third kappa shape index (κ3) is 3.79. The Bertz CT molecular complexity index is 1180. The highest BCUT2D eigenvalue weighted by molar-refractivity contribution is 7.15. The van der Waals surface area contributed by atoms with E-state index in [1.54, 1.807) is 50.3 Å². The number of aromatic nitrogens is 2. The van der Waals surface area contributed by atoms with Gasteiger partial charge in [-0.1, -0.05) is 36.1 Å². The van der Waals surface area contributed by atoms with Crippen molar-refractivity contribution in [1.82, 2.24) is 10.2 Å². The number of ketones is 2. The summed E-state index contributed by atoms with van der Waals surface area (Å²) in [5.74, 6) is -2.36. The van der Waals surface area contributed by atoms with Gasteiger partial charge in [-0.25, -0.2) is 0 Å². The molecule has 3 aromatic rings. The zero-order valence-corrected chi connectivity index (χ0v) is 17.7. The number of hydrogen-bond acceptors (Lipinski definition) is 8. The van der Waals surface area contributed by atoms with Crippen molar-refractivity contribution in [2.45, 2.75) is 19.9 Å². The smallest absolute Gasteiger partial charge is 0.297 e. The standard InChI is InChI=1S/C22H19N3O5S/c1-4-10-29-15-7-5-6-14(11-15)18-17(19(26)16-9-8-12(2)30-16)20(27)21(28)25(18)22-24-23-13(3)31-22/h4-9,11,17-18H,1,10H2,2-3H3. The van der Waals surface area contributed by atoms with Crippen LogP contribution in [0.5, 0.6) is 5.75 Å². The van der Waals surface area contributed by atoms with Crippen LogP contribution in [-0.4, -0.2) is 34.3 Å². The Hall–Kier alpha value is -3.59. The first-order chi connectivity index (χ1) is 14.9. The maximum atomic E-state index is 13.3. The van der Waals surface area contributed by atoms with E-state index in [0.717, 1.165) is 0 Å². The SMILES string of the molecule is C=CCOc1cccc(C2C(C(=O)c3ccc(C)o3)C(=O)C(=O)N2c2nnc(C)s2)c1. The Balaban J connectivity index is 1.83. The van der Waals surface area contributed by atoms with Crippen molar-refractivity contribution in [2.24, 2.45) is 5.92 Å². The summed E-state index contributed by atoms with van der Waals surface area (Å²) < 4.78 is 11.1. The van der Waals surface area contributed by atoms with Gasteiger partial charge in [0.1, 0.15) is 29.0 Å². The fourth-order valence-corrected chi connectivity index (χ4v) is 4.25. The molecule has 8 nitrogen and oxygen atoms in total. The molecule has 0 saturated carbocycles. The molecule has 1 aromatic carbocycles. The fraction of sp³-hybridized carbons (Fsp3) is 0.227. The Labute approximate surface area is 182 Å². The van der Waals surface area contributed by atoms with Crippen molar-refractivity contribution in [2.75, 3.05) is 11.5 Å². The van der Waals surface area contributed by atoms with Crippen molar-refractivity contribution in [1.29, 1.82) is 0 Å². The minimum absolute atomic E-state index is 0.0306. The Morgan fingerprint density at radius 2 is 2.06 bits per heavy atom. The molecule has 1 aliphatic heterocycles. The molecular formula is C22H19N3O5S. The van der Waals surface area contributed by atoms with E-state index < -0.39 is 29.4 Å². The molecule has 158 valence electrons. The van der Waals surface area contributed by atoms with Gasteiger partial charge >= 0.3 is 0 Å². The van der Waals surface area contributed by atoms with Crippen LogP contribution in [-0.2, 0) is 9.59 Å². The normalized spacial score (nSPS) is 18.5. The lowest BCUT2D eigenvalue weighted by Gasteiger charge is -2.24. The molecule has 31 heavy (non-hydrogen) atoms. The molecule has 2 aromatic heterocycles. The van der Waals surface area contributed by atoms with E-state index in [2.05, 4.69) is 16.8 Å². The summed E-state index contributed by atoms with van der Waals surface area (Å²) in [4.78, 5) is 40.5. The van der Waals surface area contributed by atoms with Crippen LogP contribution in [0.4, 0.5) is 5.13 Å². The average Bonchev–Trinajstić information content (AvgIpc) is 3.45. The highest BCUT2D eigenvalue weighted by atomic mass is 32.1. The molecule has 0 spiro atoms. The number of nitrogens with zero attached hydrogens (tertiary/aromatic N) is 3. The van der Waals surface area contributed by atoms with Crippen LogP contribution >= 0.6 is 11.3 Å². The average molecular weight is 437 g/mol. The van der Waals surface area contributed by atoms with Gasteiger partial charge in [0.2, 0.25) is 16.7 Å². The molecule has 1 saturated heterocycles. The monoisotopic (exact) mass is 437 g/mol. The number of amides is 1. The first-order valence-corrected chi connectivity index (χ1v) is 10.3. The lowest BCUT2D eigenvalue weighted by molar-refractivity contribution is -0.135. The number of ether oxygens (including phenoxy) is 1. The molecular weight excluding hydrogens is 418 g/mol. The summed E-state index contributed by atoms with van der Waals surface area (Å²) in [5.41, 5.74) is 0.565. The summed E-state index contributed by atoms with van der Waals surface area (Å²) >= 11 is 1.17. The summed E-state index contributed by atoms with van der Waals surface area (Å²) in [6.07, 6.45) is 1.61. The first-order valence-electron chi connectivity index (χ1n) is 9.52. The highest BCUT2D eigenvalue weighted by Gasteiger charge is 2.54. The lowest BCUT2D eigenvalue weighted by Crippen LogP contribution is -2.30. The summed E-state index contributed by atoms with van der Waals surface area (Å²) in [6.45, 7) is 7.37. The van der Waals surface area contributed by atoms with Crippen LogP contribution in [0, 0.1) is 19.8 Å². The van der Waals surface area contributed by atoms with E-state index in [9.17, 15) is 14.4 Å². The number of anilines is 1. The molecule has 1 aliphatic rings. The zero-order valence-electron chi connectivity index (χ0n) is 16.9. The molecule has 3 heterocycles. The van der Waals surface area contributed by atoms with Gasteiger partial charge in [0.25, 0.3) is 5.91 Å². The van der Waals surface area contributed by atoms with Crippen LogP contribution in [0.3, 0.4) is 0 Å². The number of benzene rings is 1. The maximum absolute atomic E-state index is 13.3. The van der Waals surface area contributed by atoms with Crippen molar-refractivity contribution in [3.8, 4) is 5.75 Å². The van der Waals surface area contributed by atoms with Crippen LogP contribution in [0.25, 0.3) is 0 Å². The molecule has 0 N–H and O–H groups in total. The third-order valence-electron chi connectivity index (χ3n) is 4.86. The highest BCUT2D eigenvalue weighted by Crippen LogP contribution is 2.42. The van der Waals surface area contributed by atoms with Crippen LogP contribution < -0.4 is 9.64 Å². The van der Waals surface area contributed by atoms with E-state index in [1.807, 2.05) is 0 Å². The Morgan fingerprint density at radius 1 is 1.26 bits per heavy atom. The number of hydrogen-bond donors (Lipinski definition) is 0. The molecule has 1 fully saturated rings. The molecule has 2 atom stereocenters. The van der Waals surface area contributed by atoms with Crippen molar-refractivity contribution in [3.63, 3.8) is 0 Å². The quantitative estimate of drug-likeness (QED) is 0.241. The number of carbonyl (C=O) groups excluding carboxylic acids is 3. The van der Waals surface area contributed by atoms with E-state index in [1.165, 1.54) is 22.3 Å². The maximum Gasteiger partial charge on any atom is 0.297 e. The van der Waals surface area contributed by atoms with E-state index >= 15 is 0 Å². The number of furan rings is 1. The van der Waals surface area contributed by atoms with Gasteiger partial charge in [0, 0.05) is 0 Å². The van der Waals surface area contributed by atoms with Gasteiger partial charge < -0.3 is 9.15 Å². The zero-order chi connectivity index (χ0) is 22.1. The number of rotatable bonds is 7. The van der Waals surface area contributed by atoms with Crippen molar-refractivity contribution in [3.05, 3.63) is 71.1 Å². The molecule has 9 heteroatoms. The third-order valence-corrected chi connectivity index (χ3v) is 5.70. The van der Waals surface area contributed by atoms with E-state index in [0.29, 0.717) is 28.7 Å². The first kappa shape index (κ1) is 20.7. The van der Waals surface area contributed by atoms with Gasteiger partial charge in [0.15, 0.2) is 5.76 Å². The largest absolute Gasteiger partial charge is 0.490 e. The van der Waals surface area contributed by atoms with Crippen molar-refractivity contribution >= 4 is 33.9 Å². The Kier molecular flexibility index (Phi) is 5.51. The van der Waals surface area contributed by atoms with E-state index in [-0.39, 0.29) is 10.9 Å². The minimum atomic E-state index is -1.28. The minimum Gasteiger partial charge on any atom is -0.490 e. The predicted octanol–water partition coefficient (Wildman–Crippen LogP) is 3.47. The van der Waals surface area contributed by atoms with Gasteiger partial charge in [-0.2, -0.15) is 0 Å². The molecule has 0 bridgehead atoms. The second-order valence-corrected chi connectivity index (χ2v) is 8.17. The number of aryl methyl sites for hydroxylation is 2. The van der Waals surface area contributed by atoms with Gasteiger partial charge in [-0.15, -0.1) is 10.2 Å². The molecule has 4 rings (SSSR count).